The van der Waals surface area contributed by atoms with Gasteiger partial charge in [0.2, 0.25) is 0 Å². The van der Waals surface area contributed by atoms with Crippen LogP contribution < -0.4 is 10.6 Å². The molecule has 2 N–H and O–H groups in total. The number of anilines is 1. The molecule has 0 aliphatic carbocycles. The van der Waals surface area contributed by atoms with E-state index in [1.807, 2.05) is 63.8 Å². The molecule has 1 aliphatic heterocycles. The van der Waals surface area contributed by atoms with Gasteiger partial charge in [0.15, 0.2) is 5.65 Å². The molecule has 1 fully saturated rings. The number of benzene rings is 1. The lowest BCUT2D eigenvalue weighted by Gasteiger charge is -2.39. The first kappa shape index (κ1) is 27.6. The molecule has 5 aromatic rings. The molecule has 0 bridgehead atoms. The highest BCUT2D eigenvalue weighted by Crippen LogP contribution is 2.38. The van der Waals surface area contributed by atoms with Gasteiger partial charge >= 0.3 is 11.8 Å². The number of carboxylic acid groups (broad SMARTS) is 1. The van der Waals surface area contributed by atoms with Crippen molar-refractivity contribution in [3.05, 3.63) is 69.0 Å². The highest BCUT2D eigenvalue weighted by molar-refractivity contribution is 6.34. The van der Waals surface area contributed by atoms with Crippen molar-refractivity contribution in [2.24, 2.45) is 0 Å². The van der Waals surface area contributed by atoms with E-state index < -0.39 is 11.8 Å². The lowest BCUT2D eigenvalue weighted by atomic mass is 10.00. The van der Waals surface area contributed by atoms with Crippen molar-refractivity contribution in [3.63, 3.8) is 0 Å². The minimum atomic E-state index is -0.971. The summed E-state index contributed by atoms with van der Waals surface area (Å²) in [5, 5.41) is 18.6. The van der Waals surface area contributed by atoms with Crippen molar-refractivity contribution in [1.29, 1.82) is 0 Å². The fourth-order valence-electron chi connectivity index (χ4n) is 5.87. The number of carbonyl (C=O) groups is 1. The maximum Gasteiger partial charge on any atom is 0.407 e. The van der Waals surface area contributed by atoms with E-state index in [4.69, 9.17) is 16.6 Å². The lowest BCUT2D eigenvalue weighted by Crippen LogP contribution is -2.54. The first-order chi connectivity index (χ1) is 20.1. The van der Waals surface area contributed by atoms with Gasteiger partial charge in [-0.2, -0.15) is 10.1 Å². The van der Waals surface area contributed by atoms with E-state index in [0.717, 1.165) is 33.3 Å². The first-order valence-electron chi connectivity index (χ1n) is 13.8. The van der Waals surface area contributed by atoms with E-state index in [2.05, 4.69) is 20.2 Å². The monoisotopic (exact) mass is 586 g/mol. The van der Waals surface area contributed by atoms with Crippen molar-refractivity contribution in [1.82, 2.24) is 34.6 Å². The summed E-state index contributed by atoms with van der Waals surface area (Å²) in [4.78, 5) is 43.4. The van der Waals surface area contributed by atoms with Crippen molar-refractivity contribution in [2.45, 2.75) is 46.6 Å². The Bertz CT molecular complexity index is 1930. The number of aryl methyl sites for hydroxylation is 2. The SMILES string of the molecule is Cc1ccnc(C(C)C)c1-n1c(=O)nc(N2CCN(C(=O)O)C[C@@H]2C)c2cc(Cl)c(-c3c(C)ccc4[nH]ncc34)nc21. The molecule has 6 rings (SSSR count). The number of pyridine rings is 2. The number of H-pyrrole nitrogens is 1. The number of aromatic amines is 1. The van der Waals surface area contributed by atoms with Crippen molar-refractivity contribution in [2.75, 3.05) is 24.5 Å². The van der Waals surface area contributed by atoms with Gasteiger partial charge in [0.25, 0.3) is 0 Å². The number of aromatic nitrogens is 6. The molecule has 1 aromatic carbocycles. The molecule has 1 amide bonds. The number of halogens is 1. The Morgan fingerprint density at radius 2 is 1.90 bits per heavy atom. The van der Waals surface area contributed by atoms with E-state index in [9.17, 15) is 14.7 Å². The third-order valence-corrected chi connectivity index (χ3v) is 8.25. The molecule has 1 atom stereocenters. The van der Waals surface area contributed by atoms with Gasteiger partial charge in [0, 0.05) is 42.8 Å². The zero-order valence-corrected chi connectivity index (χ0v) is 24.8. The van der Waals surface area contributed by atoms with Crippen LogP contribution in [0.5, 0.6) is 0 Å². The minimum absolute atomic E-state index is 0.0272. The molecule has 0 radical (unpaired) electrons. The summed E-state index contributed by atoms with van der Waals surface area (Å²) in [6.07, 6.45) is 2.52. The molecule has 0 unspecified atom stereocenters. The molecular weight excluding hydrogens is 556 g/mol. The number of amides is 1. The molecule has 5 heterocycles. The quantitative estimate of drug-likeness (QED) is 0.290. The molecule has 0 saturated carbocycles. The van der Waals surface area contributed by atoms with Gasteiger partial charge in [-0.05, 0) is 56.0 Å². The van der Waals surface area contributed by atoms with Crippen LogP contribution in [-0.2, 0) is 0 Å². The third-order valence-electron chi connectivity index (χ3n) is 7.97. The first-order valence-corrected chi connectivity index (χ1v) is 14.2. The van der Waals surface area contributed by atoms with Crippen LogP contribution in [0, 0.1) is 13.8 Å². The molecule has 1 aliphatic rings. The largest absolute Gasteiger partial charge is 0.465 e. The molecule has 0 spiro atoms. The van der Waals surface area contributed by atoms with Gasteiger partial charge in [-0.1, -0.05) is 31.5 Å². The molecule has 12 heteroatoms. The van der Waals surface area contributed by atoms with Crippen LogP contribution in [0.4, 0.5) is 10.6 Å². The summed E-state index contributed by atoms with van der Waals surface area (Å²) in [6, 6.07) is 7.39. The zero-order chi connectivity index (χ0) is 29.9. The van der Waals surface area contributed by atoms with E-state index in [0.29, 0.717) is 39.8 Å². The van der Waals surface area contributed by atoms with Crippen LogP contribution in [0.15, 0.2) is 41.5 Å². The zero-order valence-electron chi connectivity index (χ0n) is 24.0. The predicted octanol–water partition coefficient (Wildman–Crippen LogP) is 5.30. The third kappa shape index (κ3) is 4.44. The molecule has 11 nitrogen and oxygen atoms in total. The Morgan fingerprint density at radius 3 is 2.62 bits per heavy atom. The van der Waals surface area contributed by atoms with Crippen LogP contribution in [0.2, 0.25) is 5.02 Å². The Morgan fingerprint density at radius 1 is 1.12 bits per heavy atom. The second kappa shape index (κ2) is 10.4. The summed E-state index contributed by atoms with van der Waals surface area (Å²) in [5.74, 6) is 0.454. The van der Waals surface area contributed by atoms with Crippen LogP contribution in [0.3, 0.4) is 0 Å². The van der Waals surface area contributed by atoms with Gasteiger partial charge in [0.1, 0.15) is 5.82 Å². The van der Waals surface area contributed by atoms with Gasteiger partial charge in [-0.25, -0.2) is 19.1 Å². The molecular formula is C30H31ClN8O3. The van der Waals surface area contributed by atoms with Gasteiger partial charge in [-0.15, -0.1) is 0 Å². The Kier molecular flexibility index (Phi) is 6.84. The Labute approximate surface area is 246 Å². The minimum Gasteiger partial charge on any atom is -0.465 e. The number of nitrogens with one attached hydrogen (secondary N) is 1. The van der Waals surface area contributed by atoms with E-state index >= 15 is 0 Å². The summed E-state index contributed by atoms with van der Waals surface area (Å²) in [5.41, 5.74) is 5.30. The topological polar surface area (TPSA) is 133 Å². The van der Waals surface area contributed by atoms with Crippen LogP contribution in [0.1, 0.15) is 43.5 Å². The number of piperazine rings is 1. The summed E-state index contributed by atoms with van der Waals surface area (Å²) >= 11 is 7.02. The van der Waals surface area contributed by atoms with E-state index in [1.54, 1.807) is 17.0 Å². The normalized spacial score (nSPS) is 15.7. The predicted molar refractivity (Wildman–Crippen MR) is 163 cm³/mol. The van der Waals surface area contributed by atoms with Crippen molar-refractivity contribution >= 4 is 45.4 Å². The summed E-state index contributed by atoms with van der Waals surface area (Å²) in [6.45, 7) is 10.8. The summed E-state index contributed by atoms with van der Waals surface area (Å²) in [7, 11) is 0. The number of hydrogen-bond acceptors (Lipinski definition) is 7. The smallest absolute Gasteiger partial charge is 0.407 e. The van der Waals surface area contributed by atoms with Crippen LogP contribution >= 0.6 is 11.6 Å². The molecule has 216 valence electrons. The molecule has 4 aromatic heterocycles. The fourth-order valence-corrected chi connectivity index (χ4v) is 6.12. The number of fused-ring (bicyclic) bond motifs is 2. The highest BCUT2D eigenvalue weighted by atomic mass is 35.5. The van der Waals surface area contributed by atoms with Crippen LogP contribution in [-0.4, -0.2) is 71.5 Å². The number of nitrogens with zero attached hydrogens (tertiary/aromatic N) is 7. The maximum absolute atomic E-state index is 14.1. The Balaban J connectivity index is 1.69. The van der Waals surface area contributed by atoms with E-state index in [1.165, 1.54) is 4.90 Å². The van der Waals surface area contributed by atoms with E-state index in [-0.39, 0.29) is 25.0 Å². The highest BCUT2D eigenvalue weighted by Gasteiger charge is 2.31. The van der Waals surface area contributed by atoms with Crippen molar-refractivity contribution < 1.29 is 9.90 Å². The van der Waals surface area contributed by atoms with Gasteiger partial charge in [-0.3, -0.25) is 10.1 Å². The van der Waals surface area contributed by atoms with Gasteiger partial charge in [0.05, 0.1) is 39.2 Å². The standard InChI is InChI=1S/C30H31ClN8O3/c1-15(2)24-26(17(4)8-9-32-24)39-28-19(27(35-29(39)40)38-11-10-37(30(41)42)14-18(38)5)12-21(31)25(34-28)23-16(3)6-7-22-20(23)13-33-36-22/h6-9,12-13,15,18H,10-11,14H2,1-5H3,(H,33,36)(H,41,42)/t18-/m0/s1. The van der Waals surface area contributed by atoms with Crippen LogP contribution in [0.25, 0.3) is 38.9 Å². The number of hydrogen-bond donors (Lipinski definition) is 2. The second-order valence-electron chi connectivity index (χ2n) is 11.1. The maximum atomic E-state index is 14.1. The summed E-state index contributed by atoms with van der Waals surface area (Å²) < 4.78 is 1.54. The van der Waals surface area contributed by atoms with Gasteiger partial charge < -0.3 is 14.9 Å². The van der Waals surface area contributed by atoms with Crippen molar-refractivity contribution in [3.8, 4) is 16.9 Å². The number of rotatable bonds is 4. The molecule has 42 heavy (non-hydrogen) atoms. The molecule has 1 saturated heterocycles. The average molecular weight is 587 g/mol. The second-order valence-corrected chi connectivity index (χ2v) is 11.5. The fraction of sp³-hybridized carbons (Fsp3) is 0.333. The lowest BCUT2D eigenvalue weighted by molar-refractivity contribution is 0.136. The average Bonchev–Trinajstić information content (AvgIpc) is 3.42. The Hall–Kier alpha value is -4.51.